The van der Waals surface area contributed by atoms with Crippen LogP contribution in [0, 0.1) is 0 Å². The summed E-state index contributed by atoms with van der Waals surface area (Å²) in [6.45, 7) is 3.48. The van der Waals surface area contributed by atoms with E-state index in [2.05, 4.69) is 28.2 Å². The highest BCUT2D eigenvalue weighted by Crippen LogP contribution is 2.36. The second kappa shape index (κ2) is 6.28. The van der Waals surface area contributed by atoms with Crippen LogP contribution in [0.5, 0.6) is 0 Å². The molecule has 3 rings (SSSR count). The number of rotatable bonds is 6. The molecule has 1 atom stereocenters. The first-order valence-electron chi connectivity index (χ1n) is 7.55. The first-order chi connectivity index (χ1) is 10.0. The van der Waals surface area contributed by atoms with Gasteiger partial charge in [0.15, 0.2) is 0 Å². The first kappa shape index (κ1) is 15.9. The van der Waals surface area contributed by atoms with Crippen LogP contribution in [0.1, 0.15) is 43.9 Å². The Bertz CT molecular complexity index is 610. The highest BCUT2D eigenvalue weighted by atomic mass is 79.9. The largest absolute Gasteiger partial charge is 0.309 e. The molecule has 0 spiro atoms. The summed E-state index contributed by atoms with van der Waals surface area (Å²) in [5.74, 6) is 0. The lowest BCUT2D eigenvalue weighted by Gasteiger charge is -2.22. The summed E-state index contributed by atoms with van der Waals surface area (Å²) in [4.78, 5) is 1.53. The third-order valence-corrected chi connectivity index (χ3v) is 8.43. The first-order valence-corrected chi connectivity index (χ1v) is 10.6. The van der Waals surface area contributed by atoms with Gasteiger partial charge in [-0.05, 0) is 54.1 Å². The fraction of sp³-hybridized carbons (Fsp3) is 0.714. The summed E-state index contributed by atoms with van der Waals surface area (Å²) in [7, 11) is -3.36. The van der Waals surface area contributed by atoms with Crippen molar-refractivity contribution in [2.75, 3.05) is 6.54 Å². The molecule has 1 saturated heterocycles. The Balaban J connectivity index is 1.80. The number of nitrogens with zero attached hydrogens (tertiary/aromatic N) is 1. The number of thiophene rings is 1. The Morgan fingerprint density at radius 3 is 2.86 bits per heavy atom. The average molecular weight is 393 g/mol. The van der Waals surface area contributed by atoms with E-state index in [-0.39, 0.29) is 6.04 Å². The predicted molar refractivity (Wildman–Crippen MR) is 89.1 cm³/mol. The van der Waals surface area contributed by atoms with Crippen molar-refractivity contribution in [3.8, 4) is 0 Å². The zero-order valence-electron chi connectivity index (χ0n) is 12.1. The van der Waals surface area contributed by atoms with E-state index in [1.54, 1.807) is 4.31 Å². The van der Waals surface area contributed by atoms with Crippen LogP contribution in [0.3, 0.4) is 0 Å². The van der Waals surface area contributed by atoms with Gasteiger partial charge in [-0.15, -0.1) is 11.3 Å². The summed E-state index contributed by atoms with van der Waals surface area (Å²) in [5, 5.41) is 3.44. The Labute approximate surface area is 139 Å². The monoisotopic (exact) mass is 392 g/mol. The second-order valence-corrected chi connectivity index (χ2v) is 10.1. The van der Waals surface area contributed by atoms with Crippen molar-refractivity contribution >= 4 is 37.3 Å². The Kier molecular flexibility index (Phi) is 4.76. The summed E-state index contributed by atoms with van der Waals surface area (Å²) in [6, 6.07) is 2.63. The van der Waals surface area contributed by atoms with Crippen molar-refractivity contribution in [3.05, 3.63) is 14.7 Å². The van der Waals surface area contributed by atoms with Crippen molar-refractivity contribution < 1.29 is 8.42 Å². The highest BCUT2D eigenvalue weighted by Gasteiger charge is 2.36. The molecule has 1 aliphatic carbocycles. The predicted octanol–water partition coefficient (Wildman–Crippen LogP) is 3.33. The third kappa shape index (κ3) is 3.37. The molecule has 0 bridgehead atoms. The molecule has 2 aliphatic rings. The molecule has 0 amide bonds. The zero-order valence-corrected chi connectivity index (χ0v) is 15.4. The van der Waals surface area contributed by atoms with Crippen molar-refractivity contribution in [1.82, 2.24) is 9.62 Å². The maximum absolute atomic E-state index is 12.9. The molecule has 1 aliphatic heterocycles. The minimum absolute atomic E-state index is 0.162. The van der Waals surface area contributed by atoms with E-state index in [0.29, 0.717) is 17.5 Å². The van der Waals surface area contributed by atoms with E-state index in [1.807, 2.05) is 6.07 Å². The summed E-state index contributed by atoms with van der Waals surface area (Å²) in [6.07, 6.45) is 5.31. The minimum Gasteiger partial charge on any atom is -0.309 e. The zero-order chi connectivity index (χ0) is 15.0. The number of sulfonamides is 1. The van der Waals surface area contributed by atoms with E-state index in [4.69, 9.17) is 0 Å². The van der Waals surface area contributed by atoms with Crippen LogP contribution in [0.25, 0.3) is 0 Å². The molecule has 1 unspecified atom stereocenters. The van der Waals surface area contributed by atoms with Gasteiger partial charge in [-0.2, -0.15) is 4.31 Å². The molecule has 1 aromatic rings. The van der Waals surface area contributed by atoms with Gasteiger partial charge in [-0.25, -0.2) is 8.42 Å². The number of halogens is 1. The van der Waals surface area contributed by atoms with Crippen LogP contribution >= 0.6 is 27.3 Å². The molecule has 1 saturated carbocycles. The molecule has 0 radical (unpaired) electrons. The highest BCUT2D eigenvalue weighted by molar-refractivity contribution is 9.11. The molecule has 7 heteroatoms. The van der Waals surface area contributed by atoms with E-state index in [1.165, 1.54) is 24.2 Å². The van der Waals surface area contributed by atoms with Crippen LogP contribution in [0.2, 0.25) is 0 Å². The second-order valence-electron chi connectivity index (χ2n) is 5.83. The Morgan fingerprint density at radius 1 is 1.43 bits per heavy atom. The standard InChI is InChI=1S/C14H21BrN2O2S2/c1-2-11-4-3-7-17(11)21(18,19)13-8-12(20-14(13)15)9-16-10-5-6-10/h8,10-11,16H,2-7,9H2,1H3. The van der Waals surface area contributed by atoms with E-state index >= 15 is 0 Å². The van der Waals surface area contributed by atoms with E-state index in [9.17, 15) is 8.42 Å². The fourth-order valence-electron chi connectivity index (χ4n) is 2.85. The third-order valence-electron chi connectivity index (χ3n) is 4.23. The van der Waals surface area contributed by atoms with Crippen molar-refractivity contribution in [2.45, 2.75) is 62.6 Å². The molecule has 0 aromatic carbocycles. The molecule has 1 N–H and O–H groups in total. The van der Waals surface area contributed by atoms with Gasteiger partial charge in [0.2, 0.25) is 10.0 Å². The van der Waals surface area contributed by atoms with Crippen molar-refractivity contribution in [2.24, 2.45) is 0 Å². The Morgan fingerprint density at radius 2 is 2.19 bits per heavy atom. The molecule has 21 heavy (non-hydrogen) atoms. The number of hydrogen-bond donors (Lipinski definition) is 1. The van der Waals surface area contributed by atoms with Crippen LogP contribution in [-0.4, -0.2) is 31.4 Å². The quantitative estimate of drug-likeness (QED) is 0.807. The molecule has 2 fully saturated rings. The fourth-order valence-corrected chi connectivity index (χ4v) is 7.21. The van der Waals surface area contributed by atoms with Crippen LogP contribution in [0.15, 0.2) is 14.7 Å². The van der Waals surface area contributed by atoms with Crippen LogP contribution < -0.4 is 5.32 Å². The van der Waals surface area contributed by atoms with Crippen molar-refractivity contribution in [3.63, 3.8) is 0 Å². The average Bonchev–Trinajstić information content (AvgIpc) is 3.00. The molecular weight excluding hydrogens is 372 g/mol. The van der Waals surface area contributed by atoms with Gasteiger partial charge in [-0.1, -0.05) is 6.92 Å². The summed E-state index contributed by atoms with van der Waals surface area (Å²) < 4.78 is 28.2. The molecular formula is C14H21BrN2O2S2. The van der Waals surface area contributed by atoms with Crippen LogP contribution in [0.4, 0.5) is 0 Å². The SMILES string of the molecule is CCC1CCCN1S(=O)(=O)c1cc(CNC2CC2)sc1Br. The topological polar surface area (TPSA) is 49.4 Å². The summed E-state index contributed by atoms with van der Waals surface area (Å²) in [5.41, 5.74) is 0. The summed E-state index contributed by atoms with van der Waals surface area (Å²) >= 11 is 4.98. The lowest BCUT2D eigenvalue weighted by Crippen LogP contribution is -2.35. The lowest BCUT2D eigenvalue weighted by molar-refractivity contribution is 0.379. The minimum atomic E-state index is -3.36. The number of nitrogens with one attached hydrogen (secondary N) is 1. The van der Waals surface area contributed by atoms with Gasteiger partial charge >= 0.3 is 0 Å². The van der Waals surface area contributed by atoms with Crippen LogP contribution in [-0.2, 0) is 16.6 Å². The normalized spacial score (nSPS) is 23.8. The van der Waals surface area contributed by atoms with Crippen molar-refractivity contribution in [1.29, 1.82) is 0 Å². The molecule has 4 nitrogen and oxygen atoms in total. The maximum atomic E-state index is 12.9. The van der Waals surface area contributed by atoms with Gasteiger partial charge in [-0.3, -0.25) is 0 Å². The van der Waals surface area contributed by atoms with Gasteiger partial charge in [0.05, 0.1) is 3.79 Å². The smallest absolute Gasteiger partial charge is 0.245 e. The lowest BCUT2D eigenvalue weighted by atomic mass is 10.2. The van der Waals surface area contributed by atoms with E-state index < -0.39 is 10.0 Å². The Hall–Kier alpha value is 0.0500. The maximum Gasteiger partial charge on any atom is 0.245 e. The molecule has 2 heterocycles. The van der Waals surface area contributed by atoms with Gasteiger partial charge in [0, 0.05) is 30.1 Å². The van der Waals surface area contributed by atoms with E-state index in [0.717, 1.165) is 34.5 Å². The van der Waals surface area contributed by atoms with Gasteiger partial charge in [0.25, 0.3) is 0 Å². The molecule has 1 aromatic heterocycles. The number of hydrogen-bond acceptors (Lipinski definition) is 4. The molecule has 118 valence electrons. The van der Waals surface area contributed by atoms with Gasteiger partial charge in [0.1, 0.15) is 4.90 Å². The van der Waals surface area contributed by atoms with Gasteiger partial charge < -0.3 is 5.32 Å².